The van der Waals surface area contributed by atoms with Gasteiger partial charge in [-0.3, -0.25) is 0 Å². The Morgan fingerprint density at radius 1 is 1.44 bits per heavy atom. The highest BCUT2D eigenvalue weighted by Crippen LogP contribution is 2.24. The lowest BCUT2D eigenvalue weighted by Crippen LogP contribution is -2.15. The van der Waals surface area contributed by atoms with Crippen molar-refractivity contribution in [2.75, 3.05) is 6.54 Å². The molecule has 0 spiro atoms. The molecule has 1 aromatic heterocycles. The van der Waals surface area contributed by atoms with Gasteiger partial charge in [0.05, 0.1) is 12.1 Å². The fourth-order valence-electron chi connectivity index (χ4n) is 2.03. The van der Waals surface area contributed by atoms with Crippen molar-refractivity contribution in [3.8, 4) is 11.4 Å². The Bertz CT molecular complexity index is 558. The smallest absolute Gasteiger partial charge is 0.244 e. The molecule has 18 heavy (non-hydrogen) atoms. The molecule has 2 aromatic rings. The molecular weight excluding hydrogens is 237 g/mol. The van der Waals surface area contributed by atoms with Crippen molar-refractivity contribution < 1.29 is 14.0 Å². The maximum atomic E-state index is 13.1. The van der Waals surface area contributed by atoms with Crippen molar-refractivity contribution >= 4 is 0 Å². The van der Waals surface area contributed by atoms with Gasteiger partial charge in [-0.2, -0.15) is 4.98 Å². The second kappa shape index (κ2) is 4.47. The van der Waals surface area contributed by atoms with Crippen LogP contribution in [0.4, 0.5) is 4.39 Å². The Hall–Kier alpha value is -1.79. The number of benzene rings is 1. The summed E-state index contributed by atoms with van der Waals surface area (Å²) in [6, 6.07) is 5.90. The molecule has 1 saturated heterocycles. The van der Waals surface area contributed by atoms with Crippen LogP contribution in [-0.4, -0.2) is 27.9 Å². The van der Waals surface area contributed by atoms with E-state index >= 15 is 0 Å². The first-order valence-corrected chi connectivity index (χ1v) is 5.73. The Morgan fingerprint density at radius 3 is 3.06 bits per heavy atom. The van der Waals surface area contributed by atoms with Gasteiger partial charge in [-0.05, 0) is 18.6 Å². The number of nitrogens with one attached hydrogen (secondary N) is 1. The monoisotopic (exact) mass is 249 g/mol. The molecule has 0 saturated carbocycles. The number of β-amino-alcohol motifs (C(OH)–C–C–N with tert-alkyl or cyclic N) is 1. The van der Waals surface area contributed by atoms with E-state index in [9.17, 15) is 9.50 Å². The molecule has 6 heteroatoms. The van der Waals surface area contributed by atoms with Crippen molar-refractivity contribution in [2.24, 2.45) is 0 Å². The molecule has 2 heterocycles. The quantitative estimate of drug-likeness (QED) is 0.838. The van der Waals surface area contributed by atoms with E-state index < -0.39 is 0 Å². The molecule has 2 N–H and O–H groups in total. The fourth-order valence-corrected chi connectivity index (χ4v) is 2.03. The van der Waals surface area contributed by atoms with Gasteiger partial charge >= 0.3 is 0 Å². The van der Waals surface area contributed by atoms with Crippen LogP contribution in [0.5, 0.6) is 0 Å². The number of halogens is 1. The zero-order chi connectivity index (χ0) is 12.5. The van der Waals surface area contributed by atoms with E-state index in [0.29, 0.717) is 30.2 Å². The summed E-state index contributed by atoms with van der Waals surface area (Å²) < 4.78 is 18.2. The molecule has 94 valence electrons. The van der Waals surface area contributed by atoms with E-state index in [0.717, 1.165) is 0 Å². The minimum absolute atomic E-state index is 0.130. The molecule has 1 unspecified atom stereocenters. The highest BCUT2D eigenvalue weighted by atomic mass is 19.1. The van der Waals surface area contributed by atoms with Gasteiger partial charge < -0.3 is 14.9 Å². The third-order valence-corrected chi connectivity index (χ3v) is 2.93. The number of aliphatic hydroxyl groups is 1. The summed E-state index contributed by atoms with van der Waals surface area (Å²) >= 11 is 0. The summed E-state index contributed by atoms with van der Waals surface area (Å²) in [5.74, 6) is 0.437. The molecule has 3 rings (SSSR count). The maximum Gasteiger partial charge on any atom is 0.244 e. The summed E-state index contributed by atoms with van der Waals surface area (Å²) in [4.78, 5) is 4.22. The lowest BCUT2D eigenvalue weighted by Gasteiger charge is -2.01. The van der Waals surface area contributed by atoms with Gasteiger partial charge in [-0.25, -0.2) is 4.39 Å². The molecule has 1 fully saturated rings. The van der Waals surface area contributed by atoms with Crippen molar-refractivity contribution in [3.63, 3.8) is 0 Å². The van der Waals surface area contributed by atoms with E-state index in [-0.39, 0.29) is 18.0 Å². The van der Waals surface area contributed by atoms with Gasteiger partial charge in [0, 0.05) is 12.1 Å². The molecule has 1 aliphatic rings. The summed E-state index contributed by atoms with van der Waals surface area (Å²) in [6.07, 6.45) is 0.157. The Balaban J connectivity index is 1.85. The molecule has 5 nitrogen and oxygen atoms in total. The summed E-state index contributed by atoms with van der Waals surface area (Å²) in [6.45, 7) is 0.516. The molecular formula is C12H12FN3O2. The fraction of sp³-hybridized carbons (Fsp3) is 0.333. The van der Waals surface area contributed by atoms with E-state index in [2.05, 4.69) is 15.5 Å². The van der Waals surface area contributed by atoms with Crippen LogP contribution in [-0.2, 0) is 0 Å². The molecule has 2 atom stereocenters. The highest BCUT2D eigenvalue weighted by Gasteiger charge is 2.28. The van der Waals surface area contributed by atoms with Crippen molar-refractivity contribution in [1.29, 1.82) is 0 Å². The van der Waals surface area contributed by atoms with Crippen LogP contribution in [0.1, 0.15) is 18.4 Å². The minimum atomic E-state index is -0.389. The zero-order valence-electron chi connectivity index (χ0n) is 9.51. The van der Waals surface area contributed by atoms with E-state index in [1.54, 1.807) is 12.1 Å². The Morgan fingerprint density at radius 2 is 2.33 bits per heavy atom. The average molecular weight is 249 g/mol. The van der Waals surface area contributed by atoms with Gasteiger partial charge in [0.1, 0.15) is 5.82 Å². The number of aliphatic hydroxyl groups excluding tert-OH is 1. The molecule has 1 aliphatic heterocycles. The van der Waals surface area contributed by atoms with Crippen molar-refractivity contribution in [3.05, 3.63) is 36.0 Å². The van der Waals surface area contributed by atoms with Gasteiger partial charge in [-0.1, -0.05) is 17.3 Å². The van der Waals surface area contributed by atoms with Crippen LogP contribution in [0.2, 0.25) is 0 Å². The maximum absolute atomic E-state index is 13.1. The minimum Gasteiger partial charge on any atom is -0.392 e. The van der Waals surface area contributed by atoms with Crippen LogP contribution in [0.25, 0.3) is 11.4 Å². The average Bonchev–Trinajstić information content (AvgIpc) is 2.97. The van der Waals surface area contributed by atoms with Crippen LogP contribution in [0.15, 0.2) is 28.8 Å². The van der Waals surface area contributed by atoms with Crippen LogP contribution >= 0.6 is 0 Å². The number of hydrogen-bond donors (Lipinski definition) is 2. The van der Waals surface area contributed by atoms with Gasteiger partial charge in [0.2, 0.25) is 11.7 Å². The summed E-state index contributed by atoms with van der Waals surface area (Å²) in [5.41, 5.74) is 0.573. The largest absolute Gasteiger partial charge is 0.392 e. The zero-order valence-corrected chi connectivity index (χ0v) is 9.51. The number of hydrogen-bond acceptors (Lipinski definition) is 5. The molecule has 1 aromatic carbocycles. The third kappa shape index (κ3) is 2.12. The molecule has 0 bridgehead atoms. The van der Waals surface area contributed by atoms with Gasteiger partial charge in [0.25, 0.3) is 0 Å². The topological polar surface area (TPSA) is 71.2 Å². The second-order valence-electron chi connectivity index (χ2n) is 4.32. The predicted octanol–water partition coefficient (Wildman–Crippen LogP) is 1.27. The summed E-state index contributed by atoms with van der Waals surface area (Å²) in [5, 5.41) is 16.3. The van der Waals surface area contributed by atoms with E-state index in [1.165, 1.54) is 12.1 Å². The first-order valence-electron chi connectivity index (χ1n) is 5.73. The van der Waals surface area contributed by atoms with Crippen LogP contribution in [0, 0.1) is 5.82 Å². The highest BCUT2D eigenvalue weighted by molar-refractivity contribution is 5.53. The lowest BCUT2D eigenvalue weighted by molar-refractivity contribution is 0.191. The van der Waals surface area contributed by atoms with E-state index in [1.807, 2.05) is 0 Å². The van der Waals surface area contributed by atoms with Crippen molar-refractivity contribution in [2.45, 2.75) is 18.6 Å². The van der Waals surface area contributed by atoms with Gasteiger partial charge in [0.15, 0.2) is 0 Å². The SMILES string of the molecule is OC1CN[C@H](c2nc(-c3cccc(F)c3)no2)C1. The molecule has 0 amide bonds. The third-order valence-electron chi connectivity index (χ3n) is 2.93. The van der Waals surface area contributed by atoms with Gasteiger partial charge in [-0.15, -0.1) is 0 Å². The van der Waals surface area contributed by atoms with Crippen molar-refractivity contribution in [1.82, 2.24) is 15.5 Å². The number of aromatic nitrogens is 2. The predicted molar refractivity (Wildman–Crippen MR) is 61.1 cm³/mol. The Kier molecular flexibility index (Phi) is 2.81. The number of rotatable bonds is 2. The number of nitrogens with zero attached hydrogens (tertiary/aromatic N) is 2. The molecule has 0 radical (unpaired) electrons. The Labute approximate surface area is 103 Å². The standard InChI is InChI=1S/C12H12FN3O2/c13-8-3-1-2-7(4-8)11-15-12(18-16-11)10-5-9(17)6-14-10/h1-4,9-10,14,17H,5-6H2/t9?,10-/m0/s1. The lowest BCUT2D eigenvalue weighted by atomic mass is 10.2. The molecule has 0 aliphatic carbocycles. The first-order chi connectivity index (χ1) is 8.72. The van der Waals surface area contributed by atoms with Crippen LogP contribution in [0.3, 0.4) is 0 Å². The summed E-state index contributed by atoms with van der Waals surface area (Å²) in [7, 11) is 0. The normalized spacial score (nSPS) is 23.4. The first kappa shape index (κ1) is 11.3. The van der Waals surface area contributed by atoms with Crippen LogP contribution < -0.4 is 5.32 Å². The van der Waals surface area contributed by atoms with E-state index in [4.69, 9.17) is 4.52 Å². The second-order valence-corrected chi connectivity index (χ2v) is 4.32.